The van der Waals surface area contributed by atoms with E-state index in [1.807, 2.05) is 5.32 Å². The normalized spacial score (nSPS) is 11.8. The number of alkyl halides is 3. The number of halogens is 3. The molecule has 0 fully saturated rings. The van der Waals surface area contributed by atoms with E-state index in [1.54, 1.807) is 24.5 Å². The molecule has 1 amide bonds. The number of hydrogen-bond donors (Lipinski definition) is 4. The Morgan fingerprint density at radius 3 is 2.28 bits per heavy atom. The van der Waals surface area contributed by atoms with Crippen molar-refractivity contribution in [1.29, 1.82) is 5.41 Å². The first-order valence-corrected chi connectivity index (χ1v) is 8.01. The second kappa shape index (κ2) is 6.47. The van der Waals surface area contributed by atoms with Crippen LogP contribution in [0.15, 0.2) is 42.7 Å². The predicted molar refractivity (Wildman–Crippen MR) is 83.7 cm³/mol. The number of hydrogen-bond acceptors (Lipinski definition) is 4. The summed E-state index contributed by atoms with van der Waals surface area (Å²) in [5, 5.41) is 8.99. The van der Waals surface area contributed by atoms with E-state index < -0.39 is 33.1 Å². The van der Waals surface area contributed by atoms with Gasteiger partial charge in [-0.15, -0.1) is 0 Å². The predicted octanol–water partition coefficient (Wildman–Crippen LogP) is 1.36. The lowest BCUT2D eigenvalue weighted by Gasteiger charge is -2.14. The van der Waals surface area contributed by atoms with Crippen LogP contribution in [-0.2, 0) is 10.0 Å². The summed E-state index contributed by atoms with van der Waals surface area (Å²) in [4.78, 5) is 12.0. The minimum Gasteiger partial charge on any atom is -0.370 e. The maximum Gasteiger partial charge on any atom is 0.516 e. The van der Waals surface area contributed by atoms with Crippen molar-refractivity contribution < 1.29 is 26.4 Å². The first kappa shape index (κ1) is 18.3. The second-order valence-corrected chi connectivity index (χ2v) is 6.45. The van der Waals surface area contributed by atoms with E-state index >= 15 is 0 Å². The summed E-state index contributed by atoms with van der Waals surface area (Å²) in [6, 6.07) is 6.57. The molecule has 0 radical (unpaired) electrons. The molecule has 0 spiro atoms. The minimum atomic E-state index is -5.66. The minimum absolute atomic E-state index is 0.193. The van der Waals surface area contributed by atoms with Gasteiger partial charge in [-0.05, 0) is 30.3 Å². The van der Waals surface area contributed by atoms with E-state index in [9.17, 15) is 26.4 Å². The number of benzene rings is 1. The Kier molecular flexibility index (Phi) is 4.74. The largest absolute Gasteiger partial charge is 0.516 e. The molecule has 0 unspecified atom stereocenters. The van der Waals surface area contributed by atoms with Crippen molar-refractivity contribution in [2.75, 3.05) is 4.72 Å². The van der Waals surface area contributed by atoms with Gasteiger partial charge in [0.1, 0.15) is 0 Å². The molecule has 0 aliphatic rings. The zero-order valence-electron chi connectivity index (χ0n) is 12.3. The van der Waals surface area contributed by atoms with E-state index in [-0.39, 0.29) is 11.3 Å². The molecule has 8 nitrogen and oxygen atoms in total. The highest BCUT2D eigenvalue weighted by atomic mass is 32.2. The number of rotatable bonds is 4. The average molecular weight is 375 g/mol. The summed E-state index contributed by atoms with van der Waals surface area (Å²) >= 11 is 0. The SMILES string of the molecule is N=C(N)NC(=O)c1cc(NS(=O)(=O)C(F)(F)F)cc(-n2cccc2)c1. The molecule has 0 aliphatic carbocycles. The molecule has 0 atom stereocenters. The van der Waals surface area contributed by atoms with Gasteiger partial charge in [-0.25, -0.2) is 0 Å². The van der Waals surface area contributed by atoms with Crippen LogP contribution < -0.4 is 15.8 Å². The third-order valence-corrected chi connectivity index (χ3v) is 4.00. The number of guanidine groups is 1. The van der Waals surface area contributed by atoms with E-state index in [0.29, 0.717) is 0 Å². The maximum atomic E-state index is 12.5. The van der Waals surface area contributed by atoms with Crippen LogP contribution in [0.1, 0.15) is 10.4 Å². The molecule has 0 saturated carbocycles. The van der Waals surface area contributed by atoms with Crippen LogP contribution in [-0.4, -0.2) is 30.4 Å². The second-order valence-electron chi connectivity index (χ2n) is 4.78. The standard InChI is InChI=1S/C13H12F3N5O3S/c14-13(15,16)25(23,24)20-9-5-8(11(22)19-12(17)18)6-10(7-9)21-3-1-2-4-21/h1-7,20H,(H4,17,18,19,22). The summed E-state index contributed by atoms with van der Waals surface area (Å²) < 4.78 is 63.0. The van der Waals surface area contributed by atoms with Crippen LogP contribution in [0.25, 0.3) is 5.69 Å². The Morgan fingerprint density at radius 1 is 1.16 bits per heavy atom. The number of nitrogens with zero attached hydrogens (tertiary/aromatic N) is 1. The molecule has 134 valence electrons. The number of amides is 1. The summed E-state index contributed by atoms with van der Waals surface area (Å²) in [5.74, 6) is -1.55. The van der Waals surface area contributed by atoms with Crippen molar-refractivity contribution in [3.8, 4) is 5.69 Å². The molecule has 0 saturated heterocycles. The Bertz CT molecular complexity index is 907. The van der Waals surface area contributed by atoms with Crippen LogP contribution in [0, 0.1) is 5.41 Å². The molecule has 25 heavy (non-hydrogen) atoms. The number of sulfonamides is 1. The molecule has 0 aliphatic heterocycles. The van der Waals surface area contributed by atoms with Crippen LogP contribution in [0.3, 0.4) is 0 Å². The summed E-state index contributed by atoms with van der Waals surface area (Å²) in [6.45, 7) is 0. The van der Waals surface area contributed by atoms with Crippen molar-refractivity contribution in [2.45, 2.75) is 5.51 Å². The van der Waals surface area contributed by atoms with Gasteiger partial charge in [0.15, 0.2) is 5.96 Å². The fourth-order valence-electron chi connectivity index (χ4n) is 1.86. The first-order chi connectivity index (χ1) is 11.5. The maximum absolute atomic E-state index is 12.5. The Balaban J connectivity index is 2.51. The zero-order chi connectivity index (χ0) is 18.8. The highest BCUT2D eigenvalue weighted by molar-refractivity contribution is 7.93. The van der Waals surface area contributed by atoms with Crippen LogP contribution in [0.5, 0.6) is 0 Å². The van der Waals surface area contributed by atoms with Crippen molar-refractivity contribution >= 4 is 27.6 Å². The number of nitrogens with one attached hydrogen (secondary N) is 3. The molecule has 1 heterocycles. The molecule has 12 heteroatoms. The summed E-state index contributed by atoms with van der Waals surface area (Å²) in [6.07, 6.45) is 3.09. The fraction of sp³-hybridized carbons (Fsp3) is 0.0769. The lowest BCUT2D eigenvalue weighted by atomic mass is 10.1. The van der Waals surface area contributed by atoms with Gasteiger partial charge in [-0.3, -0.25) is 20.2 Å². The summed E-state index contributed by atoms with van der Waals surface area (Å²) in [5.41, 5.74) is -0.914. The van der Waals surface area contributed by atoms with E-state index in [0.717, 1.165) is 12.1 Å². The fourth-order valence-corrected chi connectivity index (χ4v) is 2.41. The average Bonchev–Trinajstić information content (AvgIpc) is 2.98. The molecule has 1 aromatic carbocycles. The molecule has 2 rings (SSSR count). The van der Waals surface area contributed by atoms with Crippen molar-refractivity contribution in [1.82, 2.24) is 9.88 Å². The third kappa shape index (κ3) is 4.29. The lowest BCUT2D eigenvalue weighted by Crippen LogP contribution is -2.35. The van der Waals surface area contributed by atoms with Crippen molar-refractivity contribution in [3.05, 3.63) is 48.3 Å². The van der Waals surface area contributed by atoms with Gasteiger partial charge in [0.05, 0.1) is 5.69 Å². The molecule has 2 aromatic rings. The zero-order valence-corrected chi connectivity index (χ0v) is 13.1. The number of nitrogens with two attached hydrogens (primary N) is 1. The highest BCUT2D eigenvalue weighted by Crippen LogP contribution is 2.27. The molecular weight excluding hydrogens is 363 g/mol. The van der Waals surface area contributed by atoms with Gasteiger partial charge < -0.3 is 10.3 Å². The molecular formula is C13H12F3N5O3S. The van der Waals surface area contributed by atoms with Crippen LogP contribution in [0.2, 0.25) is 0 Å². The molecule has 0 bridgehead atoms. The van der Waals surface area contributed by atoms with Crippen LogP contribution >= 0.6 is 0 Å². The van der Waals surface area contributed by atoms with Gasteiger partial charge in [-0.1, -0.05) is 0 Å². The van der Waals surface area contributed by atoms with Crippen LogP contribution in [0.4, 0.5) is 18.9 Å². The highest BCUT2D eigenvalue weighted by Gasteiger charge is 2.46. The summed E-state index contributed by atoms with van der Waals surface area (Å²) in [7, 11) is -5.66. The Morgan fingerprint density at radius 2 is 1.76 bits per heavy atom. The first-order valence-electron chi connectivity index (χ1n) is 6.52. The number of anilines is 1. The van der Waals surface area contributed by atoms with E-state index in [2.05, 4.69) is 0 Å². The van der Waals surface area contributed by atoms with Gasteiger partial charge >= 0.3 is 15.5 Å². The third-order valence-electron chi connectivity index (χ3n) is 2.89. The monoisotopic (exact) mass is 375 g/mol. The van der Waals surface area contributed by atoms with Gasteiger partial charge in [-0.2, -0.15) is 21.6 Å². The Hall–Kier alpha value is -3.02. The molecule has 1 aromatic heterocycles. The van der Waals surface area contributed by atoms with Gasteiger partial charge in [0, 0.05) is 23.6 Å². The smallest absolute Gasteiger partial charge is 0.370 e. The Labute approximate surface area is 140 Å². The van der Waals surface area contributed by atoms with Gasteiger partial charge in [0.2, 0.25) is 0 Å². The number of carbonyl (C=O) groups is 1. The van der Waals surface area contributed by atoms with E-state index in [1.165, 1.54) is 15.4 Å². The number of carbonyl (C=O) groups excluding carboxylic acids is 1. The quantitative estimate of drug-likeness (QED) is 0.475. The molecule has 5 N–H and O–H groups in total. The van der Waals surface area contributed by atoms with Crippen molar-refractivity contribution in [2.24, 2.45) is 5.73 Å². The lowest BCUT2D eigenvalue weighted by molar-refractivity contribution is -0.0429. The topological polar surface area (TPSA) is 130 Å². The number of aromatic nitrogens is 1. The van der Waals surface area contributed by atoms with Crippen molar-refractivity contribution in [3.63, 3.8) is 0 Å². The van der Waals surface area contributed by atoms with E-state index in [4.69, 9.17) is 11.1 Å². The van der Waals surface area contributed by atoms with Gasteiger partial charge in [0.25, 0.3) is 5.91 Å².